The monoisotopic (exact) mass is 294 g/mol. The average molecular weight is 295 g/mol. The van der Waals surface area contributed by atoms with E-state index in [2.05, 4.69) is 27.2 Å². The largest absolute Gasteiger partial charge is 0.354 e. The molecular weight excluding hydrogens is 280 g/mol. The number of halogens is 1. The number of aryl methyl sites for hydroxylation is 1. The fourth-order valence-corrected chi connectivity index (χ4v) is 2.53. The maximum Gasteiger partial charge on any atom is 0.223 e. The number of aromatic nitrogens is 3. The van der Waals surface area contributed by atoms with Crippen molar-refractivity contribution in [1.82, 2.24) is 15.0 Å². The third-order valence-electron chi connectivity index (χ3n) is 2.29. The molecule has 0 aliphatic carbocycles. The Morgan fingerprint density at radius 3 is 2.95 bits per heavy atom. The first-order chi connectivity index (χ1) is 9.19. The zero-order chi connectivity index (χ0) is 13.7. The summed E-state index contributed by atoms with van der Waals surface area (Å²) in [7, 11) is 0. The minimum atomic E-state index is 0.631. The SMILES string of the molecule is CCCNc1nc(C)cc(Sc2ncccc2Cl)n1. The summed E-state index contributed by atoms with van der Waals surface area (Å²) in [6.07, 6.45) is 2.75. The van der Waals surface area contributed by atoms with E-state index in [0.717, 1.165) is 28.7 Å². The normalized spacial score (nSPS) is 10.5. The Balaban J connectivity index is 2.20. The Morgan fingerprint density at radius 1 is 1.37 bits per heavy atom. The molecule has 19 heavy (non-hydrogen) atoms. The summed E-state index contributed by atoms with van der Waals surface area (Å²) in [6, 6.07) is 5.56. The molecule has 0 aromatic carbocycles. The topological polar surface area (TPSA) is 50.7 Å². The van der Waals surface area contributed by atoms with Gasteiger partial charge in [-0.25, -0.2) is 15.0 Å². The van der Waals surface area contributed by atoms with Crippen LogP contribution in [0.5, 0.6) is 0 Å². The van der Waals surface area contributed by atoms with Gasteiger partial charge in [0.05, 0.1) is 5.02 Å². The molecule has 6 heteroatoms. The second kappa shape index (κ2) is 6.73. The van der Waals surface area contributed by atoms with Crippen molar-refractivity contribution in [3.05, 3.63) is 35.1 Å². The van der Waals surface area contributed by atoms with E-state index in [1.165, 1.54) is 11.8 Å². The summed E-state index contributed by atoms with van der Waals surface area (Å²) in [6.45, 7) is 4.91. The van der Waals surface area contributed by atoms with Crippen molar-refractivity contribution in [3.8, 4) is 0 Å². The molecule has 2 aromatic heterocycles. The lowest BCUT2D eigenvalue weighted by Crippen LogP contribution is -2.05. The molecule has 0 aliphatic rings. The molecule has 2 aromatic rings. The van der Waals surface area contributed by atoms with Crippen molar-refractivity contribution in [2.75, 3.05) is 11.9 Å². The number of hydrogen-bond acceptors (Lipinski definition) is 5. The van der Waals surface area contributed by atoms with Gasteiger partial charge < -0.3 is 5.32 Å². The Kier molecular flexibility index (Phi) is 4.99. The molecule has 0 amide bonds. The van der Waals surface area contributed by atoms with Crippen molar-refractivity contribution in [1.29, 1.82) is 0 Å². The number of rotatable bonds is 5. The van der Waals surface area contributed by atoms with Crippen LogP contribution in [-0.2, 0) is 0 Å². The van der Waals surface area contributed by atoms with Gasteiger partial charge in [0.2, 0.25) is 5.95 Å². The van der Waals surface area contributed by atoms with Gasteiger partial charge >= 0.3 is 0 Å². The summed E-state index contributed by atoms with van der Waals surface area (Å²) in [5, 5.41) is 5.41. The van der Waals surface area contributed by atoms with Crippen LogP contribution in [0.2, 0.25) is 5.02 Å². The number of hydrogen-bond donors (Lipinski definition) is 1. The van der Waals surface area contributed by atoms with Gasteiger partial charge in [-0.3, -0.25) is 0 Å². The molecule has 0 unspecified atom stereocenters. The number of anilines is 1. The van der Waals surface area contributed by atoms with Crippen LogP contribution >= 0.6 is 23.4 Å². The second-order valence-electron chi connectivity index (χ2n) is 3.99. The maximum atomic E-state index is 6.09. The van der Waals surface area contributed by atoms with Gasteiger partial charge in [0.15, 0.2) is 0 Å². The molecule has 4 nitrogen and oxygen atoms in total. The highest BCUT2D eigenvalue weighted by atomic mass is 35.5. The van der Waals surface area contributed by atoms with Crippen molar-refractivity contribution in [2.24, 2.45) is 0 Å². The van der Waals surface area contributed by atoms with Crippen LogP contribution < -0.4 is 5.32 Å². The minimum Gasteiger partial charge on any atom is -0.354 e. The molecule has 1 N–H and O–H groups in total. The van der Waals surface area contributed by atoms with Gasteiger partial charge in [-0.2, -0.15) is 0 Å². The molecule has 0 fully saturated rings. The third kappa shape index (κ3) is 4.08. The summed E-state index contributed by atoms with van der Waals surface area (Å²) < 4.78 is 0. The zero-order valence-corrected chi connectivity index (χ0v) is 12.4. The van der Waals surface area contributed by atoms with E-state index in [-0.39, 0.29) is 0 Å². The lowest BCUT2D eigenvalue weighted by molar-refractivity contribution is 0.923. The van der Waals surface area contributed by atoms with Crippen molar-refractivity contribution < 1.29 is 0 Å². The second-order valence-corrected chi connectivity index (χ2v) is 5.41. The van der Waals surface area contributed by atoms with Crippen LogP contribution in [0.4, 0.5) is 5.95 Å². The highest BCUT2D eigenvalue weighted by Crippen LogP contribution is 2.30. The first-order valence-corrected chi connectivity index (χ1v) is 7.26. The molecule has 0 atom stereocenters. The fourth-order valence-electron chi connectivity index (χ4n) is 1.45. The molecule has 100 valence electrons. The molecule has 0 saturated heterocycles. The average Bonchev–Trinajstić information content (AvgIpc) is 2.38. The van der Waals surface area contributed by atoms with Gasteiger partial charge in [-0.1, -0.05) is 18.5 Å². The standard InChI is InChI=1S/C13H15ClN4S/c1-3-6-16-13-17-9(2)8-11(18-13)19-12-10(14)5-4-7-15-12/h4-5,7-8H,3,6H2,1-2H3,(H,16,17,18). The predicted octanol–water partition coefficient (Wildman–Crippen LogP) is 3.81. The molecule has 0 bridgehead atoms. The fraction of sp³-hybridized carbons (Fsp3) is 0.308. The third-order valence-corrected chi connectivity index (χ3v) is 3.64. The highest BCUT2D eigenvalue weighted by Gasteiger charge is 2.07. The van der Waals surface area contributed by atoms with Crippen LogP contribution in [0.1, 0.15) is 19.0 Å². The lowest BCUT2D eigenvalue weighted by Gasteiger charge is -2.07. The molecule has 0 radical (unpaired) electrons. The van der Waals surface area contributed by atoms with E-state index in [0.29, 0.717) is 11.0 Å². The molecule has 0 saturated carbocycles. The van der Waals surface area contributed by atoms with E-state index in [4.69, 9.17) is 11.6 Å². The van der Waals surface area contributed by atoms with Crippen molar-refractivity contribution in [3.63, 3.8) is 0 Å². The van der Waals surface area contributed by atoms with E-state index < -0.39 is 0 Å². The van der Waals surface area contributed by atoms with Crippen LogP contribution in [0.15, 0.2) is 34.4 Å². The predicted molar refractivity (Wildman–Crippen MR) is 78.9 cm³/mol. The van der Waals surface area contributed by atoms with E-state index >= 15 is 0 Å². The molecular formula is C13H15ClN4S. The Hall–Kier alpha value is -1.33. The van der Waals surface area contributed by atoms with Crippen LogP contribution in [-0.4, -0.2) is 21.5 Å². The highest BCUT2D eigenvalue weighted by molar-refractivity contribution is 7.99. The summed E-state index contributed by atoms with van der Waals surface area (Å²) >= 11 is 7.54. The van der Waals surface area contributed by atoms with E-state index in [9.17, 15) is 0 Å². The summed E-state index contributed by atoms with van der Waals surface area (Å²) in [4.78, 5) is 13.0. The van der Waals surface area contributed by atoms with E-state index in [1.807, 2.05) is 25.1 Å². The lowest BCUT2D eigenvalue weighted by atomic mass is 10.4. The Bertz CT molecular complexity index is 562. The number of nitrogens with one attached hydrogen (secondary N) is 1. The zero-order valence-electron chi connectivity index (χ0n) is 10.9. The molecule has 2 rings (SSSR count). The summed E-state index contributed by atoms with van der Waals surface area (Å²) in [5.74, 6) is 0.649. The Morgan fingerprint density at radius 2 is 2.21 bits per heavy atom. The molecule has 0 aliphatic heterocycles. The van der Waals surface area contributed by atoms with Crippen LogP contribution in [0, 0.1) is 6.92 Å². The van der Waals surface area contributed by atoms with Gasteiger partial charge in [0.25, 0.3) is 0 Å². The van der Waals surface area contributed by atoms with Gasteiger partial charge in [-0.05, 0) is 43.3 Å². The van der Waals surface area contributed by atoms with Gasteiger partial charge in [0.1, 0.15) is 10.1 Å². The van der Waals surface area contributed by atoms with Crippen molar-refractivity contribution in [2.45, 2.75) is 30.3 Å². The first kappa shape index (κ1) is 14.1. The molecule has 2 heterocycles. The van der Waals surface area contributed by atoms with Crippen LogP contribution in [0.25, 0.3) is 0 Å². The van der Waals surface area contributed by atoms with Gasteiger partial charge in [-0.15, -0.1) is 0 Å². The van der Waals surface area contributed by atoms with Gasteiger partial charge in [0, 0.05) is 18.4 Å². The first-order valence-electron chi connectivity index (χ1n) is 6.07. The number of nitrogens with zero attached hydrogens (tertiary/aromatic N) is 3. The quantitative estimate of drug-likeness (QED) is 0.850. The maximum absolute atomic E-state index is 6.09. The smallest absolute Gasteiger partial charge is 0.223 e. The minimum absolute atomic E-state index is 0.631. The van der Waals surface area contributed by atoms with Crippen molar-refractivity contribution >= 4 is 29.3 Å². The summed E-state index contributed by atoms with van der Waals surface area (Å²) in [5.41, 5.74) is 0.920. The Labute approximate surface area is 122 Å². The number of pyridine rings is 1. The van der Waals surface area contributed by atoms with Crippen LogP contribution in [0.3, 0.4) is 0 Å². The van der Waals surface area contributed by atoms with E-state index in [1.54, 1.807) is 6.20 Å². The molecule has 0 spiro atoms.